The van der Waals surface area contributed by atoms with Crippen molar-refractivity contribution in [3.05, 3.63) is 82.5 Å². The number of ether oxygens (including phenoxy) is 1. The van der Waals surface area contributed by atoms with Gasteiger partial charge in [-0.05, 0) is 47.3 Å². The monoisotopic (exact) mass is 425 g/mol. The van der Waals surface area contributed by atoms with Crippen LogP contribution in [0, 0.1) is 0 Å². The van der Waals surface area contributed by atoms with Crippen LogP contribution < -0.4 is 10.1 Å². The maximum atomic E-state index is 12.3. The van der Waals surface area contributed by atoms with E-state index in [4.69, 9.17) is 20.9 Å². The first-order valence-electron chi connectivity index (χ1n) is 8.80. The van der Waals surface area contributed by atoms with Crippen LogP contribution in [0.4, 0.5) is 5.69 Å². The number of benzene rings is 2. The van der Waals surface area contributed by atoms with E-state index >= 15 is 0 Å². The third kappa shape index (κ3) is 5.01. The van der Waals surface area contributed by atoms with Crippen LogP contribution in [0.5, 0.6) is 5.75 Å². The summed E-state index contributed by atoms with van der Waals surface area (Å²) >= 11 is 7.39. The highest BCUT2D eigenvalue weighted by Crippen LogP contribution is 2.24. The van der Waals surface area contributed by atoms with Gasteiger partial charge in [0.1, 0.15) is 5.75 Å². The standard InChI is InChI=1S/C21H16ClN3O3S/c22-15-7-9-16(10-8-15)27-13-19(26)23-17-5-2-1-4-14(17)12-20-24-21(25-28-20)18-6-3-11-29-18/h1-11H,12-13H2,(H,23,26). The Labute approximate surface area is 176 Å². The van der Waals surface area contributed by atoms with Crippen LogP contribution in [0.3, 0.4) is 0 Å². The second kappa shape index (κ2) is 8.89. The van der Waals surface area contributed by atoms with Crippen molar-refractivity contribution in [1.82, 2.24) is 10.1 Å². The summed E-state index contributed by atoms with van der Waals surface area (Å²) in [5, 5.41) is 9.46. The SMILES string of the molecule is O=C(COc1ccc(Cl)cc1)Nc1ccccc1Cc1nc(-c2cccs2)no1. The molecule has 0 saturated carbocycles. The second-order valence-corrected chi connectivity index (χ2v) is 7.50. The summed E-state index contributed by atoms with van der Waals surface area (Å²) in [5.74, 6) is 1.35. The molecule has 4 aromatic rings. The largest absolute Gasteiger partial charge is 0.484 e. The Morgan fingerprint density at radius 1 is 1.10 bits per heavy atom. The normalized spacial score (nSPS) is 10.7. The third-order valence-corrected chi connectivity index (χ3v) is 5.14. The van der Waals surface area contributed by atoms with E-state index in [0.717, 1.165) is 10.4 Å². The van der Waals surface area contributed by atoms with Gasteiger partial charge in [0.15, 0.2) is 6.61 Å². The molecule has 0 spiro atoms. The van der Waals surface area contributed by atoms with Crippen molar-refractivity contribution in [2.75, 3.05) is 11.9 Å². The zero-order valence-electron chi connectivity index (χ0n) is 15.2. The van der Waals surface area contributed by atoms with Crippen molar-refractivity contribution in [3.8, 4) is 16.5 Å². The van der Waals surface area contributed by atoms with Gasteiger partial charge in [0, 0.05) is 10.7 Å². The van der Waals surface area contributed by atoms with Crippen molar-refractivity contribution >= 4 is 34.5 Å². The molecule has 0 saturated heterocycles. The summed E-state index contributed by atoms with van der Waals surface area (Å²) in [7, 11) is 0. The number of nitrogens with one attached hydrogen (secondary N) is 1. The Morgan fingerprint density at radius 3 is 2.72 bits per heavy atom. The Kier molecular flexibility index (Phi) is 5.88. The van der Waals surface area contributed by atoms with E-state index in [1.165, 1.54) is 0 Å². The number of nitrogens with zero attached hydrogens (tertiary/aromatic N) is 2. The molecule has 4 rings (SSSR count). The average molecular weight is 426 g/mol. The molecule has 2 heterocycles. The average Bonchev–Trinajstić information content (AvgIpc) is 3.41. The molecule has 0 fully saturated rings. The van der Waals surface area contributed by atoms with Crippen LogP contribution in [-0.4, -0.2) is 22.7 Å². The van der Waals surface area contributed by atoms with Gasteiger partial charge < -0.3 is 14.6 Å². The first kappa shape index (κ1) is 19.2. The lowest BCUT2D eigenvalue weighted by Gasteiger charge is -2.10. The molecule has 0 aliphatic heterocycles. The van der Waals surface area contributed by atoms with Gasteiger partial charge >= 0.3 is 0 Å². The number of hydrogen-bond acceptors (Lipinski definition) is 6. The van der Waals surface area contributed by atoms with Gasteiger partial charge in [0.25, 0.3) is 5.91 Å². The predicted molar refractivity (Wildman–Crippen MR) is 112 cm³/mol. The van der Waals surface area contributed by atoms with Gasteiger partial charge in [-0.3, -0.25) is 4.79 Å². The molecule has 2 aromatic carbocycles. The lowest BCUT2D eigenvalue weighted by Crippen LogP contribution is -2.21. The van der Waals surface area contributed by atoms with Crippen molar-refractivity contribution < 1.29 is 14.1 Å². The smallest absolute Gasteiger partial charge is 0.262 e. The van der Waals surface area contributed by atoms with Crippen LogP contribution in [0.15, 0.2) is 70.6 Å². The second-order valence-electron chi connectivity index (χ2n) is 6.11. The number of thiophene rings is 1. The van der Waals surface area contributed by atoms with Crippen molar-refractivity contribution in [3.63, 3.8) is 0 Å². The minimum absolute atomic E-state index is 0.112. The van der Waals surface area contributed by atoms with Crippen LogP contribution >= 0.6 is 22.9 Å². The molecule has 2 aromatic heterocycles. The van der Waals surface area contributed by atoms with E-state index in [9.17, 15) is 4.79 Å². The lowest BCUT2D eigenvalue weighted by molar-refractivity contribution is -0.118. The zero-order valence-corrected chi connectivity index (χ0v) is 16.7. The summed E-state index contributed by atoms with van der Waals surface area (Å²) in [6.07, 6.45) is 0.410. The minimum atomic E-state index is -0.266. The van der Waals surface area contributed by atoms with E-state index in [1.54, 1.807) is 35.6 Å². The first-order chi connectivity index (χ1) is 14.2. The maximum Gasteiger partial charge on any atom is 0.262 e. The summed E-state index contributed by atoms with van der Waals surface area (Å²) in [5.41, 5.74) is 1.54. The number of amides is 1. The molecule has 1 N–H and O–H groups in total. The fourth-order valence-corrected chi connectivity index (χ4v) is 3.43. The fraction of sp³-hybridized carbons (Fsp3) is 0.0952. The molecule has 146 valence electrons. The highest BCUT2D eigenvalue weighted by molar-refractivity contribution is 7.13. The van der Waals surface area contributed by atoms with Crippen LogP contribution in [0.25, 0.3) is 10.7 Å². The molecule has 0 aliphatic carbocycles. The van der Waals surface area contributed by atoms with Gasteiger partial charge in [-0.2, -0.15) is 4.98 Å². The molecule has 0 bridgehead atoms. The molecule has 6 nitrogen and oxygen atoms in total. The Morgan fingerprint density at radius 2 is 1.93 bits per heavy atom. The molecule has 0 radical (unpaired) electrons. The summed E-state index contributed by atoms with van der Waals surface area (Å²) in [6.45, 7) is -0.112. The van der Waals surface area contributed by atoms with Crippen LogP contribution in [0.2, 0.25) is 5.02 Å². The molecule has 0 aliphatic rings. The van der Waals surface area contributed by atoms with Crippen molar-refractivity contribution in [2.24, 2.45) is 0 Å². The minimum Gasteiger partial charge on any atom is -0.484 e. The quantitative estimate of drug-likeness (QED) is 0.447. The Hall–Kier alpha value is -3.16. The van der Waals surface area contributed by atoms with Crippen LogP contribution in [-0.2, 0) is 11.2 Å². The zero-order chi connectivity index (χ0) is 20.1. The summed E-state index contributed by atoms with van der Waals surface area (Å²) in [4.78, 5) is 17.7. The molecular formula is C21H16ClN3O3S. The van der Waals surface area contributed by atoms with Gasteiger partial charge in [0.05, 0.1) is 11.3 Å². The predicted octanol–water partition coefficient (Wildman–Crippen LogP) is 5.06. The number of anilines is 1. The summed E-state index contributed by atoms with van der Waals surface area (Å²) in [6, 6.07) is 18.2. The van der Waals surface area contributed by atoms with Crippen molar-refractivity contribution in [1.29, 1.82) is 0 Å². The molecule has 29 heavy (non-hydrogen) atoms. The Balaban J connectivity index is 1.40. The highest BCUT2D eigenvalue weighted by Gasteiger charge is 2.13. The van der Waals surface area contributed by atoms with E-state index in [1.807, 2.05) is 41.8 Å². The van der Waals surface area contributed by atoms with Crippen molar-refractivity contribution in [2.45, 2.75) is 6.42 Å². The number of carbonyl (C=O) groups is 1. The summed E-state index contributed by atoms with van der Waals surface area (Å²) < 4.78 is 10.9. The number of carbonyl (C=O) groups excluding carboxylic acids is 1. The molecule has 0 unspecified atom stereocenters. The number of hydrogen-bond donors (Lipinski definition) is 1. The van der Waals surface area contributed by atoms with E-state index < -0.39 is 0 Å². The number of halogens is 1. The van der Waals surface area contributed by atoms with Gasteiger partial charge in [0.2, 0.25) is 11.7 Å². The first-order valence-corrected chi connectivity index (χ1v) is 10.1. The van der Waals surface area contributed by atoms with E-state index in [-0.39, 0.29) is 12.5 Å². The van der Waals surface area contributed by atoms with Crippen LogP contribution in [0.1, 0.15) is 11.5 Å². The maximum absolute atomic E-state index is 12.3. The molecule has 0 atom stereocenters. The molecule has 1 amide bonds. The fourth-order valence-electron chi connectivity index (χ4n) is 2.66. The molecular weight excluding hydrogens is 410 g/mol. The lowest BCUT2D eigenvalue weighted by atomic mass is 10.1. The topological polar surface area (TPSA) is 77.2 Å². The van der Waals surface area contributed by atoms with Gasteiger partial charge in [-0.15, -0.1) is 11.3 Å². The van der Waals surface area contributed by atoms with E-state index in [0.29, 0.717) is 34.6 Å². The number of rotatable bonds is 7. The third-order valence-electron chi connectivity index (χ3n) is 4.03. The Bertz CT molecular complexity index is 1090. The molecule has 8 heteroatoms. The highest BCUT2D eigenvalue weighted by atomic mass is 35.5. The van der Waals surface area contributed by atoms with Gasteiger partial charge in [-0.1, -0.05) is 41.0 Å². The van der Waals surface area contributed by atoms with E-state index in [2.05, 4.69) is 15.5 Å². The number of para-hydroxylation sites is 1. The van der Waals surface area contributed by atoms with Gasteiger partial charge in [-0.25, -0.2) is 0 Å². The number of aromatic nitrogens is 2.